The van der Waals surface area contributed by atoms with Crippen molar-refractivity contribution in [1.29, 1.82) is 0 Å². The zero-order valence-electron chi connectivity index (χ0n) is 14.5. The van der Waals surface area contributed by atoms with Crippen molar-refractivity contribution in [2.24, 2.45) is 0 Å². The number of hydrogen-bond donors (Lipinski definition) is 1. The van der Waals surface area contributed by atoms with Gasteiger partial charge in [-0.1, -0.05) is 30.3 Å². The monoisotopic (exact) mass is 342 g/mol. The Kier molecular flexibility index (Phi) is 7.69. The van der Waals surface area contributed by atoms with Crippen molar-refractivity contribution in [3.8, 4) is 0 Å². The molecule has 24 heavy (non-hydrogen) atoms. The zero-order valence-corrected chi connectivity index (χ0v) is 15.3. The predicted molar refractivity (Wildman–Crippen MR) is 105 cm³/mol. The van der Waals surface area contributed by atoms with Gasteiger partial charge in [0.1, 0.15) is 0 Å². The summed E-state index contributed by atoms with van der Waals surface area (Å²) >= 11 is 1.76. The van der Waals surface area contributed by atoms with Crippen LogP contribution >= 0.6 is 11.8 Å². The fourth-order valence-corrected chi connectivity index (χ4v) is 3.16. The van der Waals surface area contributed by atoms with Gasteiger partial charge in [-0.15, -0.1) is 0 Å². The Morgan fingerprint density at radius 2 is 1.92 bits per heavy atom. The molecule has 1 amide bonds. The highest BCUT2D eigenvalue weighted by Gasteiger charge is 2.07. The van der Waals surface area contributed by atoms with E-state index in [1.165, 1.54) is 11.3 Å². The summed E-state index contributed by atoms with van der Waals surface area (Å²) in [4.78, 5) is 14.6. The zero-order chi connectivity index (χ0) is 17.2. The van der Waals surface area contributed by atoms with Crippen LogP contribution in [0, 0.1) is 0 Å². The average molecular weight is 343 g/mol. The summed E-state index contributed by atoms with van der Waals surface area (Å²) in [6.45, 7) is 4.75. The molecule has 0 fully saturated rings. The summed E-state index contributed by atoms with van der Waals surface area (Å²) in [5.74, 6) is 0.949. The second-order valence-corrected chi connectivity index (χ2v) is 6.52. The first-order valence-electron chi connectivity index (χ1n) is 8.40. The number of carbonyl (C=O) groups is 1. The van der Waals surface area contributed by atoms with Gasteiger partial charge in [-0.2, -0.15) is 11.8 Å². The van der Waals surface area contributed by atoms with E-state index in [9.17, 15) is 4.79 Å². The Labute approximate surface area is 149 Å². The molecule has 4 heteroatoms. The number of anilines is 1. The molecule has 0 heterocycles. The maximum Gasteiger partial charge on any atom is 0.251 e. The van der Waals surface area contributed by atoms with E-state index in [1.807, 2.05) is 24.3 Å². The van der Waals surface area contributed by atoms with Crippen LogP contribution in [-0.2, 0) is 5.75 Å². The molecule has 0 aromatic heterocycles. The Morgan fingerprint density at radius 1 is 1.12 bits per heavy atom. The highest BCUT2D eigenvalue weighted by molar-refractivity contribution is 7.97. The lowest BCUT2D eigenvalue weighted by molar-refractivity contribution is 0.0953. The molecule has 0 radical (unpaired) electrons. The fourth-order valence-electron chi connectivity index (χ4n) is 2.65. The van der Waals surface area contributed by atoms with Gasteiger partial charge in [0, 0.05) is 36.6 Å². The molecule has 0 saturated carbocycles. The first kappa shape index (κ1) is 18.4. The molecule has 128 valence electrons. The second-order valence-electron chi connectivity index (χ2n) is 5.66. The minimum atomic E-state index is 0.0145. The van der Waals surface area contributed by atoms with Gasteiger partial charge in [0.2, 0.25) is 0 Å². The van der Waals surface area contributed by atoms with Crippen LogP contribution in [-0.4, -0.2) is 31.8 Å². The summed E-state index contributed by atoms with van der Waals surface area (Å²) < 4.78 is 0. The Morgan fingerprint density at radius 3 is 2.62 bits per heavy atom. The second kappa shape index (κ2) is 10.0. The molecule has 3 nitrogen and oxygen atoms in total. The number of benzene rings is 2. The van der Waals surface area contributed by atoms with E-state index in [-0.39, 0.29) is 5.91 Å². The molecule has 2 aromatic rings. The van der Waals surface area contributed by atoms with Crippen LogP contribution < -0.4 is 10.2 Å². The third-order valence-electron chi connectivity index (χ3n) is 3.89. The van der Waals surface area contributed by atoms with Gasteiger partial charge in [-0.25, -0.2) is 0 Å². The number of rotatable bonds is 9. The van der Waals surface area contributed by atoms with Crippen molar-refractivity contribution in [2.45, 2.75) is 19.1 Å². The number of para-hydroxylation sites is 1. The van der Waals surface area contributed by atoms with Gasteiger partial charge < -0.3 is 10.2 Å². The van der Waals surface area contributed by atoms with Gasteiger partial charge in [-0.05, 0) is 49.4 Å². The number of amides is 1. The molecule has 2 aromatic carbocycles. The van der Waals surface area contributed by atoms with Crippen molar-refractivity contribution in [3.63, 3.8) is 0 Å². The van der Waals surface area contributed by atoms with E-state index in [4.69, 9.17) is 0 Å². The van der Waals surface area contributed by atoms with E-state index >= 15 is 0 Å². The standard InChI is InChI=1S/C20H26N2OS/c1-3-22(19-11-5-4-6-12-19)14-8-13-21-20(23)18-10-7-9-17(15-18)16-24-2/h4-7,9-12,15H,3,8,13-14,16H2,1-2H3,(H,21,23). The number of thioether (sulfide) groups is 1. The molecule has 0 bridgehead atoms. The van der Waals surface area contributed by atoms with Crippen LogP contribution in [0.1, 0.15) is 29.3 Å². The maximum atomic E-state index is 12.3. The molecule has 0 atom stereocenters. The van der Waals surface area contributed by atoms with E-state index < -0.39 is 0 Å². The van der Waals surface area contributed by atoms with Gasteiger partial charge in [0.25, 0.3) is 5.91 Å². The molecule has 1 N–H and O–H groups in total. The molecule has 2 rings (SSSR count). The van der Waals surface area contributed by atoms with E-state index in [0.29, 0.717) is 6.54 Å². The van der Waals surface area contributed by atoms with Gasteiger partial charge in [0.05, 0.1) is 0 Å². The summed E-state index contributed by atoms with van der Waals surface area (Å²) in [6.07, 6.45) is 3.00. The fraction of sp³-hybridized carbons (Fsp3) is 0.350. The lowest BCUT2D eigenvalue weighted by atomic mass is 10.1. The van der Waals surface area contributed by atoms with Crippen molar-refractivity contribution in [3.05, 3.63) is 65.7 Å². The number of nitrogens with zero attached hydrogens (tertiary/aromatic N) is 1. The van der Waals surface area contributed by atoms with Crippen LogP contribution in [0.4, 0.5) is 5.69 Å². The van der Waals surface area contributed by atoms with Crippen LogP contribution in [0.3, 0.4) is 0 Å². The SMILES string of the molecule is CCN(CCCNC(=O)c1cccc(CSC)c1)c1ccccc1. The summed E-state index contributed by atoms with van der Waals surface area (Å²) in [5, 5.41) is 3.03. The maximum absolute atomic E-state index is 12.3. The quantitative estimate of drug-likeness (QED) is 0.693. The van der Waals surface area contributed by atoms with Crippen LogP contribution in [0.15, 0.2) is 54.6 Å². The molecule has 0 aliphatic rings. The summed E-state index contributed by atoms with van der Waals surface area (Å²) in [6, 6.07) is 18.3. The third kappa shape index (κ3) is 5.60. The number of hydrogen-bond acceptors (Lipinski definition) is 3. The minimum absolute atomic E-state index is 0.0145. The predicted octanol–water partition coefficient (Wildman–Crippen LogP) is 4.20. The minimum Gasteiger partial charge on any atom is -0.372 e. The third-order valence-corrected chi connectivity index (χ3v) is 4.52. The first-order chi connectivity index (χ1) is 11.7. The normalized spacial score (nSPS) is 10.4. The number of carbonyl (C=O) groups excluding carboxylic acids is 1. The molecule has 0 spiro atoms. The largest absolute Gasteiger partial charge is 0.372 e. The lowest BCUT2D eigenvalue weighted by Crippen LogP contribution is -2.30. The Bertz CT molecular complexity index is 631. The van der Waals surface area contributed by atoms with Gasteiger partial charge in [0.15, 0.2) is 0 Å². The first-order valence-corrected chi connectivity index (χ1v) is 9.80. The highest BCUT2D eigenvalue weighted by atomic mass is 32.2. The smallest absolute Gasteiger partial charge is 0.251 e. The molecule has 0 unspecified atom stereocenters. The summed E-state index contributed by atoms with van der Waals surface area (Å²) in [7, 11) is 0. The Hall–Kier alpha value is -1.94. The van der Waals surface area contributed by atoms with Crippen molar-refractivity contribution in [2.75, 3.05) is 30.8 Å². The van der Waals surface area contributed by atoms with E-state index in [2.05, 4.69) is 53.7 Å². The molecule has 0 aliphatic heterocycles. The van der Waals surface area contributed by atoms with Gasteiger partial charge in [-0.3, -0.25) is 4.79 Å². The van der Waals surface area contributed by atoms with Crippen LogP contribution in [0.25, 0.3) is 0 Å². The van der Waals surface area contributed by atoms with Crippen LogP contribution in [0.2, 0.25) is 0 Å². The molecular weight excluding hydrogens is 316 g/mol. The average Bonchev–Trinajstić information content (AvgIpc) is 2.63. The Balaban J connectivity index is 1.79. The van der Waals surface area contributed by atoms with E-state index in [0.717, 1.165) is 30.8 Å². The molecule has 0 saturated heterocycles. The van der Waals surface area contributed by atoms with E-state index in [1.54, 1.807) is 11.8 Å². The van der Waals surface area contributed by atoms with Crippen molar-refractivity contribution in [1.82, 2.24) is 5.32 Å². The molecule has 0 aliphatic carbocycles. The number of nitrogens with one attached hydrogen (secondary N) is 1. The van der Waals surface area contributed by atoms with Crippen molar-refractivity contribution < 1.29 is 4.79 Å². The van der Waals surface area contributed by atoms with Crippen LogP contribution in [0.5, 0.6) is 0 Å². The van der Waals surface area contributed by atoms with Crippen molar-refractivity contribution >= 4 is 23.4 Å². The lowest BCUT2D eigenvalue weighted by Gasteiger charge is -2.23. The topological polar surface area (TPSA) is 32.3 Å². The molecular formula is C20H26N2OS. The summed E-state index contributed by atoms with van der Waals surface area (Å²) in [5.41, 5.74) is 3.17. The van der Waals surface area contributed by atoms with Gasteiger partial charge >= 0.3 is 0 Å². The highest BCUT2D eigenvalue weighted by Crippen LogP contribution is 2.13.